The summed E-state index contributed by atoms with van der Waals surface area (Å²) in [5.41, 5.74) is 1.25. The van der Waals surface area contributed by atoms with Gasteiger partial charge in [-0.1, -0.05) is 12.1 Å². The Balaban J connectivity index is 2.24. The summed E-state index contributed by atoms with van der Waals surface area (Å²) in [4.78, 5) is 4.08. The maximum Gasteiger partial charge on any atom is 0.146 e. The maximum absolute atomic E-state index is 13.4. The topological polar surface area (TPSA) is 37.0 Å². The van der Waals surface area contributed by atoms with Gasteiger partial charge in [-0.25, -0.2) is 9.37 Å². The average molecular weight is 217 g/mol. The fraction of sp³-hybridized carbons (Fsp3) is 0.0833. The molecule has 0 saturated carbocycles. The van der Waals surface area contributed by atoms with Gasteiger partial charge in [0, 0.05) is 25.0 Å². The summed E-state index contributed by atoms with van der Waals surface area (Å²) in [5, 5.41) is 5.91. The molecule has 0 atom stereocenters. The molecule has 2 N–H and O–H groups in total. The highest BCUT2D eigenvalue weighted by atomic mass is 19.1. The smallest absolute Gasteiger partial charge is 0.146 e. The van der Waals surface area contributed by atoms with Crippen LogP contribution in [0, 0.1) is 5.82 Å². The van der Waals surface area contributed by atoms with Crippen molar-refractivity contribution in [3.8, 4) is 0 Å². The molecule has 0 spiro atoms. The molecule has 0 amide bonds. The van der Waals surface area contributed by atoms with Crippen molar-refractivity contribution in [2.24, 2.45) is 0 Å². The number of pyridine rings is 1. The molecule has 0 aliphatic heterocycles. The zero-order chi connectivity index (χ0) is 11.4. The van der Waals surface area contributed by atoms with Crippen LogP contribution in [-0.2, 0) is 0 Å². The molecule has 0 aliphatic rings. The van der Waals surface area contributed by atoms with Crippen molar-refractivity contribution in [2.75, 3.05) is 17.7 Å². The molecule has 1 aromatic heterocycles. The second-order valence-corrected chi connectivity index (χ2v) is 3.28. The fourth-order valence-electron chi connectivity index (χ4n) is 1.36. The maximum atomic E-state index is 13.4. The van der Waals surface area contributed by atoms with Crippen LogP contribution in [0.3, 0.4) is 0 Å². The molecule has 82 valence electrons. The van der Waals surface area contributed by atoms with Gasteiger partial charge < -0.3 is 10.6 Å². The van der Waals surface area contributed by atoms with E-state index in [1.165, 1.54) is 6.07 Å². The molecule has 16 heavy (non-hydrogen) atoms. The third kappa shape index (κ3) is 2.28. The Hall–Kier alpha value is -2.10. The summed E-state index contributed by atoms with van der Waals surface area (Å²) in [6.07, 6.45) is 1.66. The second-order valence-electron chi connectivity index (χ2n) is 3.28. The van der Waals surface area contributed by atoms with Gasteiger partial charge in [-0.05, 0) is 18.2 Å². The molecule has 1 heterocycles. The summed E-state index contributed by atoms with van der Waals surface area (Å²) in [6, 6.07) is 10.1. The van der Waals surface area contributed by atoms with Crippen LogP contribution in [0.25, 0.3) is 0 Å². The molecule has 2 rings (SSSR count). The number of anilines is 3. The number of hydrogen-bond donors (Lipinski definition) is 2. The standard InChI is InChI=1S/C12H12FN3/c1-14-12-8-9(6-7-15-12)16-11-5-3-2-4-10(11)13/h2-8H,1H3,(H2,14,15,16). The Morgan fingerprint density at radius 2 is 2.00 bits per heavy atom. The Morgan fingerprint density at radius 1 is 1.19 bits per heavy atom. The summed E-state index contributed by atoms with van der Waals surface area (Å²) in [5.74, 6) is 0.464. The second kappa shape index (κ2) is 4.61. The zero-order valence-corrected chi connectivity index (χ0v) is 8.87. The van der Waals surface area contributed by atoms with Gasteiger partial charge in [0.05, 0.1) is 5.69 Å². The number of nitrogens with one attached hydrogen (secondary N) is 2. The van der Waals surface area contributed by atoms with E-state index in [9.17, 15) is 4.39 Å². The lowest BCUT2D eigenvalue weighted by molar-refractivity contribution is 0.632. The highest BCUT2D eigenvalue weighted by molar-refractivity contribution is 5.62. The monoisotopic (exact) mass is 217 g/mol. The van der Waals surface area contributed by atoms with Crippen molar-refractivity contribution < 1.29 is 4.39 Å². The van der Waals surface area contributed by atoms with Gasteiger partial charge in [0.1, 0.15) is 11.6 Å². The van der Waals surface area contributed by atoms with Crippen LogP contribution < -0.4 is 10.6 Å². The molecule has 4 heteroatoms. The molecule has 0 unspecified atom stereocenters. The van der Waals surface area contributed by atoms with E-state index in [0.29, 0.717) is 5.69 Å². The van der Waals surface area contributed by atoms with Gasteiger partial charge in [0.15, 0.2) is 0 Å². The van der Waals surface area contributed by atoms with Crippen molar-refractivity contribution in [1.82, 2.24) is 4.98 Å². The van der Waals surface area contributed by atoms with Crippen molar-refractivity contribution in [1.29, 1.82) is 0 Å². The van der Waals surface area contributed by atoms with Crippen molar-refractivity contribution >= 4 is 17.2 Å². The third-order valence-corrected chi connectivity index (χ3v) is 2.17. The van der Waals surface area contributed by atoms with Crippen LogP contribution in [-0.4, -0.2) is 12.0 Å². The van der Waals surface area contributed by atoms with E-state index in [-0.39, 0.29) is 5.82 Å². The molecule has 2 aromatic rings. The Morgan fingerprint density at radius 3 is 2.75 bits per heavy atom. The first-order chi connectivity index (χ1) is 7.79. The van der Waals surface area contributed by atoms with E-state index in [0.717, 1.165) is 11.5 Å². The predicted octanol–water partition coefficient (Wildman–Crippen LogP) is 3.01. The quantitative estimate of drug-likeness (QED) is 0.829. The number of benzene rings is 1. The number of nitrogens with zero attached hydrogens (tertiary/aromatic N) is 1. The number of halogens is 1. The van der Waals surface area contributed by atoms with E-state index in [1.54, 1.807) is 37.5 Å². The van der Waals surface area contributed by atoms with Crippen LogP contribution in [0.4, 0.5) is 21.6 Å². The van der Waals surface area contributed by atoms with Gasteiger partial charge in [0.25, 0.3) is 0 Å². The molecule has 3 nitrogen and oxygen atoms in total. The summed E-state index contributed by atoms with van der Waals surface area (Å²) in [7, 11) is 1.79. The SMILES string of the molecule is CNc1cc(Nc2ccccc2F)ccn1. The predicted molar refractivity (Wildman–Crippen MR) is 63.5 cm³/mol. The molecular weight excluding hydrogens is 205 g/mol. The first kappa shape index (κ1) is 10.4. The van der Waals surface area contributed by atoms with E-state index in [1.807, 2.05) is 6.07 Å². The zero-order valence-electron chi connectivity index (χ0n) is 8.87. The molecule has 1 aromatic carbocycles. The van der Waals surface area contributed by atoms with Gasteiger partial charge in [-0.3, -0.25) is 0 Å². The molecule has 0 saturated heterocycles. The van der Waals surface area contributed by atoms with Crippen LogP contribution in [0.2, 0.25) is 0 Å². The van der Waals surface area contributed by atoms with Gasteiger partial charge in [-0.15, -0.1) is 0 Å². The van der Waals surface area contributed by atoms with Crippen LogP contribution in [0.15, 0.2) is 42.6 Å². The molecule has 0 bridgehead atoms. The molecule has 0 aliphatic carbocycles. The Labute approximate surface area is 93.3 Å². The molecule has 0 radical (unpaired) electrons. The van der Waals surface area contributed by atoms with E-state index in [2.05, 4.69) is 15.6 Å². The van der Waals surface area contributed by atoms with Gasteiger partial charge >= 0.3 is 0 Å². The van der Waals surface area contributed by atoms with Crippen LogP contribution in [0.1, 0.15) is 0 Å². The minimum Gasteiger partial charge on any atom is -0.373 e. The van der Waals surface area contributed by atoms with Crippen molar-refractivity contribution in [3.63, 3.8) is 0 Å². The summed E-state index contributed by atoms with van der Waals surface area (Å²) < 4.78 is 13.4. The van der Waals surface area contributed by atoms with Crippen molar-refractivity contribution in [2.45, 2.75) is 0 Å². The van der Waals surface area contributed by atoms with Crippen LogP contribution in [0.5, 0.6) is 0 Å². The highest BCUT2D eigenvalue weighted by Crippen LogP contribution is 2.20. The summed E-state index contributed by atoms with van der Waals surface area (Å²) in [6.45, 7) is 0. The lowest BCUT2D eigenvalue weighted by atomic mass is 10.3. The summed E-state index contributed by atoms with van der Waals surface area (Å²) >= 11 is 0. The van der Waals surface area contributed by atoms with Gasteiger partial charge in [0.2, 0.25) is 0 Å². The molecule has 0 fully saturated rings. The average Bonchev–Trinajstić information content (AvgIpc) is 2.32. The minimum absolute atomic E-state index is 0.273. The number of aromatic nitrogens is 1. The largest absolute Gasteiger partial charge is 0.373 e. The number of hydrogen-bond acceptors (Lipinski definition) is 3. The fourth-order valence-corrected chi connectivity index (χ4v) is 1.36. The third-order valence-electron chi connectivity index (χ3n) is 2.17. The van der Waals surface area contributed by atoms with E-state index >= 15 is 0 Å². The van der Waals surface area contributed by atoms with Crippen molar-refractivity contribution in [3.05, 3.63) is 48.4 Å². The Bertz CT molecular complexity index is 485. The number of rotatable bonds is 3. The molecular formula is C12H12FN3. The highest BCUT2D eigenvalue weighted by Gasteiger charge is 2.01. The minimum atomic E-state index is -0.273. The normalized spacial score (nSPS) is 9.88. The van der Waals surface area contributed by atoms with Crippen LogP contribution >= 0.6 is 0 Å². The first-order valence-electron chi connectivity index (χ1n) is 4.95. The Kier molecular flexibility index (Phi) is 3.00. The number of para-hydroxylation sites is 1. The lowest BCUT2D eigenvalue weighted by Gasteiger charge is -2.08. The van der Waals surface area contributed by atoms with E-state index < -0.39 is 0 Å². The first-order valence-corrected chi connectivity index (χ1v) is 4.95. The lowest BCUT2D eigenvalue weighted by Crippen LogP contribution is -1.96. The van der Waals surface area contributed by atoms with E-state index in [4.69, 9.17) is 0 Å². The van der Waals surface area contributed by atoms with Gasteiger partial charge in [-0.2, -0.15) is 0 Å².